The maximum atomic E-state index is 12.3. The number of hydrogen-bond donors (Lipinski definition) is 2. The minimum absolute atomic E-state index is 0.0890. The third-order valence-corrected chi connectivity index (χ3v) is 4.86. The van der Waals surface area contributed by atoms with Crippen molar-refractivity contribution in [1.82, 2.24) is 10.6 Å². The smallest absolute Gasteiger partial charge is 0.228 e. The second-order valence-electron chi connectivity index (χ2n) is 6.28. The first kappa shape index (κ1) is 11.9. The molecular formula is C16H18N2O2. The van der Waals surface area contributed by atoms with E-state index < -0.39 is 0 Å². The standard InChI is InChI=1S/C16H18N2O2/c19-14(11-6-7-11)18-13-12(10-4-2-1-3-5-10)17-15(20)16(13)8-9-16/h1-5,11-13H,6-9H2,(H,17,20)(H,18,19)/t12-,13-/m1/s1. The van der Waals surface area contributed by atoms with E-state index in [-0.39, 0.29) is 35.2 Å². The van der Waals surface area contributed by atoms with Crippen molar-refractivity contribution in [2.75, 3.05) is 0 Å². The third-order valence-electron chi connectivity index (χ3n) is 4.86. The van der Waals surface area contributed by atoms with Crippen LogP contribution in [0.4, 0.5) is 0 Å². The van der Waals surface area contributed by atoms with Crippen LogP contribution in [0.25, 0.3) is 0 Å². The summed E-state index contributed by atoms with van der Waals surface area (Å²) in [4.78, 5) is 24.4. The lowest BCUT2D eigenvalue weighted by Crippen LogP contribution is -2.43. The van der Waals surface area contributed by atoms with Crippen molar-refractivity contribution in [3.8, 4) is 0 Å². The van der Waals surface area contributed by atoms with Gasteiger partial charge in [-0.1, -0.05) is 30.3 Å². The second kappa shape index (κ2) is 4.08. The molecule has 2 saturated carbocycles. The number of nitrogens with one attached hydrogen (secondary N) is 2. The van der Waals surface area contributed by atoms with Crippen LogP contribution in [0.2, 0.25) is 0 Å². The lowest BCUT2D eigenvalue weighted by Gasteiger charge is -2.24. The Bertz CT molecular complexity index is 561. The van der Waals surface area contributed by atoms with Crippen molar-refractivity contribution in [1.29, 1.82) is 0 Å². The van der Waals surface area contributed by atoms with Gasteiger partial charge in [0, 0.05) is 5.92 Å². The van der Waals surface area contributed by atoms with E-state index in [9.17, 15) is 9.59 Å². The molecule has 20 heavy (non-hydrogen) atoms. The summed E-state index contributed by atoms with van der Waals surface area (Å²) in [6, 6.07) is 9.76. The summed E-state index contributed by atoms with van der Waals surface area (Å²) in [5.41, 5.74) is 0.733. The number of benzene rings is 1. The van der Waals surface area contributed by atoms with Gasteiger partial charge < -0.3 is 10.6 Å². The molecular weight excluding hydrogens is 252 g/mol. The molecule has 0 bridgehead atoms. The molecule has 104 valence electrons. The summed E-state index contributed by atoms with van der Waals surface area (Å²) in [7, 11) is 0. The van der Waals surface area contributed by atoms with E-state index in [0.29, 0.717) is 0 Å². The SMILES string of the molecule is O=C(N[C@@H]1[C@@H](c2ccccc2)NC(=O)C12CC2)C1CC1. The van der Waals surface area contributed by atoms with Gasteiger partial charge in [-0.15, -0.1) is 0 Å². The first-order valence-corrected chi connectivity index (χ1v) is 7.37. The molecule has 3 fully saturated rings. The van der Waals surface area contributed by atoms with Crippen LogP contribution in [0.15, 0.2) is 30.3 Å². The van der Waals surface area contributed by atoms with Crippen LogP contribution in [-0.2, 0) is 9.59 Å². The Labute approximate surface area is 117 Å². The van der Waals surface area contributed by atoms with E-state index in [1.54, 1.807) is 0 Å². The quantitative estimate of drug-likeness (QED) is 0.875. The van der Waals surface area contributed by atoms with Crippen LogP contribution in [-0.4, -0.2) is 17.9 Å². The van der Waals surface area contributed by atoms with Gasteiger partial charge in [0.05, 0.1) is 17.5 Å². The summed E-state index contributed by atoms with van der Waals surface area (Å²) in [5, 5.41) is 6.23. The van der Waals surface area contributed by atoms with Gasteiger partial charge in [-0.2, -0.15) is 0 Å². The fourth-order valence-electron chi connectivity index (χ4n) is 3.28. The molecule has 1 aromatic carbocycles. The van der Waals surface area contributed by atoms with Crippen LogP contribution < -0.4 is 10.6 Å². The summed E-state index contributed by atoms with van der Waals surface area (Å²) in [6.45, 7) is 0. The average Bonchev–Trinajstić information content (AvgIpc) is 3.35. The van der Waals surface area contributed by atoms with Gasteiger partial charge in [0.15, 0.2) is 0 Å². The highest BCUT2D eigenvalue weighted by Crippen LogP contribution is 2.56. The van der Waals surface area contributed by atoms with Crippen molar-refractivity contribution in [2.24, 2.45) is 11.3 Å². The Morgan fingerprint density at radius 3 is 2.50 bits per heavy atom. The molecule has 2 N–H and O–H groups in total. The third kappa shape index (κ3) is 1.74. The van der Waals surface area contributed by atoms with Gasteiger partial charge in [0.1, 0.15) is 0 Å². The molecule has 2 atom stereocenters. The number of amides is 2. The maximum Gasteiger partial charge on any atom is 0.228 e. The first-order chi connectivity index (χ1) is 9.71. The Balaban J connectivity index is 1.63. The van der Waals surface area contributed by atoms with Gasteiger partial charge in [-0.25, -0.2) is 0 Å². The van der Waals surface area contributed by atoms with E-state index in [4.69, 9.17) is 0 Å². The topological polar surface area (TPSA) is 58.2 Å². The fourth-order valence-corrected chi connectivity index (χ4v) is 3.28. The predicted molar refractivity (Wildman–Crippen MR) is 73.6 cm³/mol. The molecule has 1 saturated heterocycles. The zero-order valence-corrected chi connectivity index (χ0v) is 11.3. The molecule has 0 aromatic heterocycles. The number of carbonyl (C=O) groups is 2. The molecule has 4 heteroatoms. The van der Waals surface area contributed by atoms with Crippen molar-refractivity contribution >= 4 is 11.8 Å². The van der Waals surface area contributed by atoms with E-state index in [1.165, 1.54) is 0 Å². The Morgan fingerprint density at radius 1 is 1.20 bits per heavy atom. The van der Waals surface area contributed by atoms with E-state index in [0.717, 1.165) is 31.2 Å². The normalized spacial score (nSPS) is 30.1. The van der Waals surface area contributed by atoms with Crippen molar-refractivity contribution in [2.45, 2.75) is 37.8 Å². The minimum Gasteiger partial charge on any atom is -0.350 e. The van der Waals surface area contributed by atoms with Crippen LogP contribution >= 0.6 is 0 Å². The van der Waals surface area contributed by atoms with Gasteiger partial charge in [-0.3, -0.25) is 9.59 Å². The average molecular weight is 270 g/mol. The highest BCUT2D eigenvalue weighted by atomic mass is 16.2. The molecule has 1 aliphatic heterocycles. The summed E-state index contributed by atoms with van der Waals surface area (Å²) >= 11 is 0. The Kier molecular flexibility index (Phi) is 2.43. The molecule has 1 spiro atoms. The summed E-state index contributed by atoms with van der Waals surface area (Å²) in [6.07, 6.45) is 3.75. The predicted octanol–water partition coefficient (Wildman–Crippen LogP) is 1.53. The zero-order chi connectivity index (χ0) is 13.7. The van der Waals surface area contributed by atoms with Crippen LogP contribution in [0.3, 0.4) is 0 Å². The second-order valence-corrected chi connectivity index (χ2v) is 6.28. The maximum absolute atomic E-state index is 12.3. The molecule has 1 heterocycles. The van der Waals surface area contributed by atoms with Gasteiger partial charge >= 0.3 is 0 Å². The molecule has 3 aliphatic rings. The van der Waals surface area contributed by atoms with E-state index in [2.05, 4.69) is 10.6 Å². The summed E-state index contributed by atoms with van der Waals surface area (Å²) in [5.74, 6) is 0.407. The fraction of sp³-hybridized carbons (Fsp3) is 0.500. The summed E-state index contributed by atoms with van der Waals surface area (Å²) < 4.78 is 0. The Morgan fingerprint density at radius 2 is 1.90 bits per heavy atom. The van der Waals surface area contributed by atoms with Gasteiger partial charge in [0.25, 0.3) is 0 Å². The monoisotopic (exact) mass is 270 g/mol. The molecule has 2 aliphatic carbocycles. The van der Waals surface area contributed by atoms with Crippen LogP contribution in [0, 0.1) is 11.3 Å². The van der Waals surface area contributed by atoms with Crippen molar-refractivity contribution in [3.63, 3.8) is 0 Å². The highest BCUT2D eigenvalue weighted by molar-refractivity contribution is 5.91. The molecule has 1 aromatic rings. The molecule has 0 unspecified atom stereocenters. The van der Waals surface area contributed by atoms with Crippen LogP contribution in [0.1, 0.15) is 37.3 Å². The molecule has 0 radical (unpaired) electrons. The first-order valence-electron chi connectivity index (χ1n) is 7.37. The number of hydrogen-bond acceptors (Lipinski definition) is 2. The molecule has 4 nitrogen and oxygen atoms in total. The van der Waals surface area contributed by atoms with Gasteiger partial charge in [0.2, 0.25) is 11.8 Å². The van der Waals surface area contributed by atoms with E-state index in [1.807, 2.05) is 30.3 Å². The van der Waals surface area contributed by atoms with Gasteiger partial charge in [-0.05, 0) is 31.2 Å². The Hall–Kier alpha value is -1.84. The zero-order valence-electron chi connectivity index (χ0n) is 11.3. The van der Waals surface area contributed by atoms with Crippen molar-refractivity contribution < 1.29 is 9.59 Å². The van der Waals surface area contributed by atoms with E-state index >= 15 is 0 Å². The molecule has 2 amide bonds. The minimum atomic E-state index is -0.342. The largest absolute Gasteiger partial charge is 0.350 e. The molecule has 4 rings (SSSR count). The lowest BCUT2D eigenvalue weighted by atomic mass is 9.91. The lowest BCUT2D eigenvalue weighted by molar-refractivity contribution is -0.125. The van der Waals surface area contributed by atoms with Crippen molar-refractivity contribution in [3.05, 3.63) is 35.9 Å². The number of rotatable bonds is 3. The van der Waals surface area contributed by atoms with Crippen LogP contribution in [0.5, 0.6) is 0 Å². The highest BCUT2D eigenvalue weighted by Gasteiger charge is 2.63. The number of carbonyl (C=O) groups excluding carboxylic acids is 2.